The predicted octanol–water partition coefficient (Wildman–Crippen LogP) is 2.69. The first-order valence-electron chi connectivity index (χ1n) is 2.00. The molecule has 1 heteroatoms. The molecular weight excluding hydrogens is 111 g/mol. The molecule has 0 aromatic carbocycles. The molecular formula is C5H16V. The molecule has 0 N–H and O–H groups in total. The van der Waals surface area contributed by atoms with Gasteiger partial charge in [0.15, 0.2) is 0 Å². The first-order chi connectivity index (χ1) is 2.00. The standard InChI is InChI=1S/2C2H6.CH4.V/c2*1-2;;/h2*1-2H3;1H4;. The summed E-state index contributed by atoms with van der Waals surface area (Å²) in [5.74, 6) is 0. The Kier molecular flexibility index (Phi) is 1760. The molecule has 0 aliphatic rings. The van der Waals surface area contributed by atoms with Gasteiger partial charge in [-0.15, -0.1) is 0 Å². The second kappa shape index (κ2) is 344. The van der Waals surface area contributed by atoms with E-state index in [0.717, 1.165) is 0 Å². The Morgan fingerprint density at radius 1 is 0.667 bits per heavy atom. The van der Waals surface area contributed by atoms with Crippen LogP contribution in [0.4, 0.5) is 0 Å². The van der Waals surface area contributed by atoms with Crippen molar-refractivity contribution in [3.05, 3.63) is 0 Å². The van der Waals surface area contributed by atoms with Gasteiger partial charge in [0.05, 0.1) is 0 Å². The summed E-state index contributed by atoms with van der Waals surface area (Å²) in [5, 5.41) is 0. The van der Waals surface area contributed by atoms with Crippen LogP contribution in [0.1, 0.15) is 35.1 Å². The fourth-order valence-electron chi connectivity index (χ4n) is 0. The van der Waals surface area contributed by atoms with Gasteiger partial charge in [-0.2, -0.15) is 0 Å². The summed E-state index contributed by atoms with van der Waals surface area (Å²) in [6.07, 6.45) is 0. The summed E-state index contributed by atoms with van der Waals surface area (Å²) in [6, 6.07) is 0. The summed E-state index contributed by atoms with van der Waals surface area (Å²) < 4.78 is 0. The largest absolute Gasteiger partial charge is 0.0776 e. The minimum atomic E-state index is 0. The van der Waals surface area contributed by atoms with Gasteiger partial charge in [-0.25, -0.2) is 0 Å². The molecule has 0 aliphatic heterocycles. The average Bonchev–Trinajstić information content (AvgIpc) is 1.50. The fourth-order valence-corrected chi connectivity index (χ4v) is 0. The van der Waals surface area contributed by atoms with Gasteiger partial charge in [-0.1, -0.05) is 35.1 Å². The van der Waals surface area contributed by atoms with Crippen LogP contribution in [-0.2, 0) is 18.6 Å². The van der Waals surface area contributed by atoms with Crippen molar-refractivity contribution < 1.29 is 18.6 Å². The van der Waals surface area contributed by atoms with E-state index >= 15 is 0 Å². The first kappa shape index (κ1) is 30.7. The van der Waals surface area contributed by atoms with Crippen LogP contribution in [0.5, 0.6) is 0 Å². The van der Waals surface area contributed by atoms with Crippen LogP contribution in [0, 0.1) is 0 Å². The molecule has 1 radical (unpaired) electrons. The van der Waals surface area contributed by atoms with Gasteiger partial charge in [0.1, 0.15) is 0 Å². The molecule has 0 amide bonds. The molecule has 0 heterocycles. The van der Waals surface area contributed by atoms with Crippen molar-refractivity contribution >= 4 is 0 Å². The maximum absolute atomic E-state index is 2.00. The van der Waals surface area contributed by atoms with Crippen LogP contribution >= 0.6 is 0 Å². The van der Waals surface area contributed by atoms with Crippen molar-refractivity contribution in [2.24, 2.45) is 0 Å². The molecule has 6 heavy (non-hydrogen) atoms. The van der Waals surface area contributed by atoms with Gasteiger partial charge in [0.2, 0.25) is 0 Å². The second-order valence-electron chi connectivity index (χ2n) is 0. The number of hydrogen-bond donors (Lipinski definition) is 0. The monoisotopic (exact) mass is 127 g/mol. The Bertz CT molecular complexity index is 3.90. The van der Waals surface area contributed by atoms with Crippen LogP contribution < -0.4 is 0 Å². The summed E-state index contributed by atoms with van der Waals surface area (Å²) in [5.41, 5.74) is 0. The third kappa shape index (κ3) is 172. The third-order valence-corrected chi connectivity index (χ3v) is 0. The summed E-state index contributed by atoms with van der Waals surface area (Å²) in [6.45, 7) is 8.00. The van der Waals surface area contributed by atoms with Crippen molar-refractivity contribution in [2.75, 3.05) is 0 Å². The maximum Gasteiger partial charge on any atom is 0 e. The van der Waals surface area contributed by atoms with Crippen LogP contribution in [0.2, 0.25) is 0 Å². The normalized spacial score (nSPS) is 2.00. The minimum absolute atomic E-state index is 0. The molecule has 41 valence electrons. The van der Waals surface area contributed by atoms with Crippen molar-refractivity contribution in [1.82, 2.24) is 0 Å². The zero-order chi connectivity index (χ0) is 4.00. The minimum Gasteiger partial charge on any atom is -0.0776 e. The SMILES string of the molecule is C.CC.CC.[V]. The van der Waals surface area contributed by atoms with E-state index < -0.39 is 0 Å². The topological polar surface area (TPSA) is 0 Å². The molecule has 0 rings (SSSR count). The molecule has 0 nitrogen and oxygen atoms in total. The Balaban J connectivity index is -0.00000000500. The first-order valence-corrected chi connectivity index (χ1v) is 2.00. The smallest absolute Gasteiger partial charge is 0 e. The van der Waals surface area contributed by atoms with Gasteiger partial charge < -0.3 is 0 Å². The van der Waals surface area contributed by atoms with E-state index in [1.165, 1.54) is 0 Å². The van der Waals surface area contributed by atoms with Gasteiger partial charge in [-0.05, 0) is 0 Å². The van der Waals surface area contributed by atoms with Gasteiger partial charge >= 0.3 is 0 Å². The number of rotatable bonds is 0. The third-order valence-electron chi connectivity index (χ3n) is 0. The summed E-state index contributed by atoms with van der Waals surface area (Å²) in [4.78, 5) is 0. The van der Waals surface area contributed by atoms with Crippen LogP contribution in [0.25, 0.3) is 0 Å². The zero-order valence-corrected chi connectivity index (χ0v) is 5.84. The quantitative estimate of drug-likeness (QED) is 0.469. The van der Waals surface area contributed by atoms with Crippen molar-refractivity contribution in [3.8, 4) is 0 Å². The Hall–Kier alpha value is 0.584. The van der Waals surface area contributed by atoms with E-state index in [1.54, 1.807) is 0 Å². The number of hydrogen-bond acceptors (Lipinski definition) is 0. The fraction of sp³-hybridized carbons (Fsp3) is 1.00. The Morgan fingerprint density at radius 2 is 0.667 bits per heavy atom. The Labute approximate surface area is 54.2 Å². The van der Waals surface area contributed by atoms with Crippen LogP contribution in [0.15, 0.2) is 0 Å². The molecule has 0 spiro atoms. The molecule has 0 aliphatic carbocycles. The van der Waals surface area contributed by atoms with Crippen molar-refractivity contribution in [1.29, 1.82) is 0 Å². The van der Waals surface area contributed by atoms with Gasteiger partial charge in [0, 0.05) is 18.6 Å². The van der Waals surface area contributed by atoms with E-state index in [4.69, 9.17) is 0 Å². The predicted molar refractivity (Wildman–Crippen MR) is 29.4 cm³/mol. The van der Waals surface area contributed by atoms with Gasteiger partial charge in [-0.3, -0.25) is 0 Å². The average molecular weight is 127 g/mol. The molecule has 0 unspecified atom stereocenters. The molecule has 0 saturated carbocycles. The maximum atomic E-state index is 2.00. The van der Waals surface area contributed by atoms with Crippen molar-refractivity contribution in [2.45, 2.75) is 35.1 Å². The molecule has 0 aromatic rings. The molecule has 0 saturated heterocycles. The summed E-state index contributed by atoms with van der Waals surface area (Å²) >= 11 is 0. The van der Waals surface area contributed by atoms with Crippen LogP contribution in [0.3, 0.4) is 0 Å². The molecule has 0 atom stereocenters. The molecule has 0 bridgehead atoms. The Morgan fingerprint density at radius 3 is 0.667 bits per heavy atom. The van der Waals surface area contributed by atoms with E-state index in [1.807, 2.05) is 27.7 Å². The van der Waals surface area contributed by atoms with E-state index in [9.17, 15) is 0 Å². The second-order valence-corrected chi connectivity index (χ2v) is 0. The van der Waals surface area contributed by atoms with E-state index in [0.29, 0.717) is 0 Å². The van der Waals surface area contributed by atoms with Crippen LogP contribution in [-0.4, -0.2) is 0 Å². The zero-order valence-electron chi connectivity index (χ0n) is 4.45. The molecule has 0 aromatic heterocycles. The van der Waals surface area contributed by atoms with Gasteiger partial charge in [0.25, 0.3) is 0 Å². The van der Waals surface area contributed by atoms with E-state index in [2.05, 4.69) is 0 Å². The van der Waals surface area contributed by atoms with E-state index in [-0.39, 0.29) is 26.0 Å². The summed E-state index contributed by atoms with van der Waals surface area (Å²) in [7, 11) is 0. The molecule has 0 fully saturated rings. The van der Waals surface area contributed by atoms with Crippen molar-refractivity contribution in [3.63, 3.8) is 0 Å².